The van der Waals surface area contributed by atoms with Crippen molar-refractivity contribution in [3.05, 3.63) is 18.0 Å². The van der Waals surface area contributed by atoms with Crippen LogP contribution in [-0.2, 0) is 13.5 Å². The molecule has 2 N–H and O–H groups in total. The number of nitrogens with zero attached hydrogens (tertiary/aromatic N) is 2. The normalized spacial score (nSPS) is 13.1. The summed E-state index contributed by atoms with van der Waals surface area (Å²) in [6.45, 7) is 2.14. The summed E-state index contributed by atoms with van der Waals surface area (Å²) in [5.41, 5.74) is 7.16. The lowest BCUT2D eigenvalue weighted by Gasteiger charge is -2.07. The first-order chi connectivity index (χ1) is 6.74. The van der Waals surface area contributed by atoms with Crippen molar-refractivity contribution in [1.82, 2.24) is 9.78 Å². The van der Waals surface area contributed by atoms with Gasteiger partial charge in [-0.25, -0.2) is 0 Å². The van der Waals surface area contributed by atoms with E-state index in [-0.39, 0.29) is 0 Å². The van der Waals surface area contributed by atoms with Crippen LogP contribution in [0.3, 0.4) is 0 Å². The van der Waals surface area contributed by atoms with Gasteiger partial charge < -0.3 is 5.73 Å². The van der Waals surface area contributed by atoms with Crippen LogP contribution in [0.5, 0.6) is 0 Å². The van der Waals surface area contributed by atoms with Crippen molar-refractivity contribution in [2.75, 3.05) is 0 Å². The molecule has 0 aliphatic heterocycles. The van der Waals surface area contributed by atoms with Crippen LogP contribution < -0.4 is 5.73 Å². The quantitative estimate of drug-likeness (QED) is 0.704. The second kappa shape index (κ2) is 5.81. The first kappa shape index (κ1) is 11.2. The molecule has 0 radical (unpaired) electrons. The van der Waals surface area contributed by atoms with E-state index in [0.29, 0.717) is 6.04 Å². The number of unbranched alkanes of at least 4 members (excludes halogenated alkanes) is 1. The highest BCUT2D eigenvalue weighted by atomic mass is 15.2. The van der Waals surface area contributed by atoms with E-state index in [0.717, 1.165) is 19.3 Å². The average Bonchev–Trinajstić information content (AvgIpc) is 2.58. The summed E-state index contributed by atoms with van der Waals surface area (Å²) in [5, 5.41) is 4.14. The van der Waals surface area contributed by atoms with Crippen molar-refractivity contribution in [1.29, 1.82) is 0 Å². The Hall–Kier alpha value is -0.830. The minimum absolute atomic E-state index is 0.390. The highest BCUT2D eigenvalue weighted by molar-refractivity contribution is 4.99. The zero-order valence-corrected chi connectivity index (χ0v) is 9.24. The van der Waals surface area contributed by atoms with Crippen molar-refractivity contribution in [3.8, 4) is 0 Å². The molecule has 1 aromatic rings. The Morgan fingerprint density at radius 2 is 2.29 bits per heavy atom. The van der Waals surface area contributed by atoms with Gasteiger partial charge in [-0.1, -0.05) is 13.3 Å². The van der Waals surface area contributed by atoms with E-state index in [1.807, 2.05) is 17.9 Å². The maximum Gasteiger partial charge on any atom is 0.0492 e. The predicted molar refractivity (Wildman–Crippen MR) is 59.0 cm³/mol. The summed E-state index contributed by atoms with van der Waals surface area (Å²) in [5.74, 6) is 0. The van der Waals surface area contributed by atoms with Crippen LogP contribution in [0.2, 0.25) is 0 Å². The number of aryl methyl sites for hydroxylation is 2. The maximum atomic E-state index is 5.84. The Morgan fingerprint density at radius 3 is 2.86 bits per heavy atom. The summed E-state index contributed by atoms with van der Waals surface area (Å²) in [6, 6.07) is 2.47. The lowest BCUT2D eigenvalue weighted by molar-refractivity contribution is 0.544. The molecule has 0 saturated heterocycles. The van der Waals surface area contributed by atoms with E-state index in [1.54, 1.807) is 0 Å². The summed E-state index contributed by atoms with van der Waals surface area (Å²) >= 11 is 0. The van der Waals surface area contributed by atoms with Crippen LogP contribution >= 0.6 is 0 Å². The second-order valence-electron chi connectivity index (χ2n) is 3.86. The fourth-order valence-electron chi connectivity index (χ4n) is 1.56. The minimum atomic E-state index is 0.390. The number of rotatable bonds is 6. The van der Waals surface area contributed by atoms with Crippen LogP contribution in [0.1, 0.15) is 38.3 Å². The topological polar surface area (TPSA) is 43.8 Å². The van der Waals surface area contributed by atoms with Gasteiger partial charge in [-0.3, -0.25) is 4.68 Å². The van der Waals surface area contributed by atoms with Crippen molar-refractivity contribution >= 4 is 0 Å². The molecule has 0 aliphatic rings. The fourth-order valence-corrected chi connectivity index (χ4v) is 1.56. The lowest BCUT2D eigenvalue weighted by atomic mass is 10.1. The van der Waals surface area contributed by atoms with Gasteiger partial charge >= 0.3 is 0 Å². The van der Waals surface area contributed by atoms with Gasteiger partial charge in [0.05, 0.1) is 0 Å². The molecule has 3 heteroatoms. The van der Waals surface area contributed by atoms with Gasteiger partial charge in [-0.05, 0) is 31.7 Å². The average molecular weight is 195 g/mol. The highest BCUT2D eigenvalue weighted by Crippen LogP contribution is 2.07. The molecule has 0 aromatic carbocycles. The van der Waals surface area contributed by atoms with Crippen molar-refractivity contribution < 1.29 is 0 Å². The van der Waals surface area contributed by atoms with Crippen molar-refractivity contribution in [2.24, 2.45) is 12.8 Å². The van der Waals surface area contributed by atoms with E-state index in [4.69, 9.17) is 5.73 Å². The van der Waals surface area contributed by atoms with Crippen molar-refractivity contribution in [3.63, 3.8) is 0 Å². The Labute approximate surface area is 86.3 Å². The number of hydrogen-bond acceptors (Lipinski definition) is 2. The molecule has 1 atom stereocenters. The van der Waals surface area contributed by atoms with Gasteiger partial charge in [0.25, 0.3) is 0 Å². The molecule has 1 rings (SSSR count). The molecule has 0 aliphatic carbocycles. The van der Waals surface area contributed by atoms with E-state index < -0.39 is 0 Å². The van der Waals surface area contributed by atoms with E-state index in [2.05, 4.69) is 18.1 Å². The lowest BCUT2D eigenvalue weighted by Crippen LogP contribution is -2.18. The number of hydrogen-bond donors (Lipinski definition) is 1. The third kappa shape index (κ3) is 3.50. The first-order valence-electron chi connectivity index (χ1n) is 5.46. The molecule has 0 bridgehead atoms. The Kier molecular flexibility index (Phi) is 4.66. The molecule has 14 heavy (non-hydrogen) atoms. The van der Waals surface area contributed by atoms with E-state index in [1.165, 1.54) is 18.5 Å². The van der Waals surface area contributed by atoms with E-state index >= 15 is 0 Å². The largest absolute Gasteiger partial charge is 0.328 e. The van der Waals surface area contributed by atoms with Gasteiger partial charge in [0.15, 0.2) is 0 Å². The third-order valence-electron chi connectivity index (χ3n) is 2.70. The van der Waals surface area contributed by atoms with Gasteiger partial charge in [0.2, 0.25) is 0 Å². The molecular weight excluding hydrogens is 174 g/mol. The van der Waals surface area contributed by atoms with Crippen LogP contribution in [0.15, 0.2) is 12.3 Å². The third-order valence-corrected chi connectivity index (χ3v) is 2.70. The van der Waals surface area contributed by atoms with Gasteiger partial charge in [0, 0.05) is 25.0 Å². The number of nitrogens with two attached hydrogens (primary N) is 1. The highest BCUT2D eigenvalue weighted by Gasteiger charge is 2.00. The van der Waals surface area contributed by atoms with Crippen molar-refractivity contribution in [2.45, 2.75) is 45.1 Å². The van der Waals surface area contributed by atoms with Crippen LogP contribution in [-0.4, -0.2) is 15.8 Å². The smallest absolute Gasteiger partial charge is 0.0492 e. The summed E-state index contributed by atoms with van der Waals surface area (Å²) in [6.07, 6.45) is 7.65. The Balaban J connectivity index is 2.13. The molecule has 3 nitrogen and oxygen atoms in total. The van der Waals surface area contributed by atoms with Crippen LogP contribution in [0.4, 0.5) is 0 Å². The SMILES string of the molecule is CCC(N)CCCCc1ccnn1C. The Bertz CT molecular complexity index is 255. The van der Waals surface area contributed by atoms with Gasteiger partial charge in [-0.2, -0.15) is 5.10 Å². The van der Waals surface area contributed by atoms with Crippen LogP contribution in [0, 0.1) is 0 Å². The summed E-state index contributed by atoms with van der Waals surface area (Å²) in [7, 11) is 1.99. The van der Waals surface area contributed by atoms with Gasteiger partial charge in [0.1, 0.15) is 0 Å². The summed E-state index contributed by atoms with van der Waals surface area (Å²) < 4.78 is 1.94. The molecule has 1 unspecified atom stereocenters. The zero-order chi connectivity index (χ0) is 10.4. The number of aromatic nitrogens is 2. The maximum absolute atomic E-state index is 5.84. The molecule has 1 heterocycles. The molecule has 80 valence electrons. The molecular formula is C11H21N3. The fraction of sp³-hybridized carbons (Fsp3) is 0.727. The molecule has 1 aromatic heterocycles. The zero-order valence-electron chi connectivity index (χ0n) is 9.24. The van der Waals surface area contributed by atoms with Gasteiger partial charge in [-0.15, -0.1) is 0 Å². The molecule has 0 amide bonds. The Morgan fingerprint density at radius 1 is 1.50 bits per heavy atom. The minimum Gasteiger partial charge on any atom is -0.328 e. The van der Waals surface area contributed by atoms with Crippen LogP contribution in [0.25, 0.3) is 0 Å². The predicted octanol–water partition coefficient (Wildman–Crippen LogP) is 1.87. The standard InChI is InChI=1S/C11H21N3/c1-3-10(12)6-4-5-7-11-8-9-13-14(11)2/h8-10H,3-7,12H2,1-2H3. The van der Waals surface area contributed by atoms with E-state index in [9.17, 15) is 0 Å². The second-order valence-corrected chi connectivity index (χ2v) is 3.86. The molecule has 0 fully saturated rings. The first-order valence-corrected chi connectivity index (χ1v) is 5.46. The monoisotopic (exact) mass is 195 g/mol. The summed E-state index contributed by atoms with van der Waals surface area (Å²) in [4.78, 5) is 0. The molecule has 0 saturated carbocycles. The molecule has 0 spiro atoms.